The highest BCUT2D eigenvalue weighted by Crippen LogP contribution is 2.34. The maximum atomic E-state index is 13.4. The number of likely N-dealkylation sites (N-methyl/N-ethyl adjacent to an activating group) is 1. The minimum atomic E-state index is -3.65. The minimum absolute atomic E-state index is 0.0150. The molecule has 2 saturated heterocycles. The van der Waals surface area contributed by atoms with Crippen LogP contribution in [-0.4, -0.2) is 96.4 Å². The van der Waals surface area contributed by atoms with Crippen molar-refractivity contribution in [1.82, 2.24) is 13.5 Å². The summed E-state index contributed by atoms with van der Waals surface area (Å²) < 4.78 is 62.2. The third-order valence-electron chi connectivity index (χ3n) is 8.30. The van der Waals surface area contributed by atoms with Crippen molar-refractivity contribution < 1.29 is 21.6 Å². The van der Waals surface area contributed by atoms with Crippen LogP contribution in [0.4, 0.5) is 5.69 Å². The molecule has 2 aliphatic rings. The first-order chi connectivity index (χ1) is 18.4. The average molecular weight is 579 g/mol. The number of sulfonamides is 2. The van der Waals surface area contributed by atoms with Crippen LogP contribution in [0.3, 0.4) is 0 Å². The summed E-state index contributed by atoms with van der Waals surface area (Å²) in [5.74, 6) is 0.565. The van der Waals surface area contributed by atoms with Crippen molar-refractivity contribution in [2.24, 2.45) is 0 Å². The Hall–Kier alpha value is -2.18. The Balaban J connectivity index is 1.49. The highest BCUT2D eigenvalue weighted by atomic mass is 32.2. The third kappa shape index (κ3) is 6.12. The first kappa shape index (κ1) is 29.8. The largest absolute Gasteiger partial charge is 0.495 e. The van der Waals surface area contributed by atoms with E-state index in [1.807, 2.05) is 17.0 Å². The predicted molar refractivity (Wildman–Crippen MR) is 155 cm³/mol. The molecule has 0 aromatic heterocycles. The first-order valence-electron chi connectivity index (χ1n) is 13.7. The molecule has 2 aromatic rings. The normalized spacial score (nSPS) is 18.8. The lowest BCUT2D eigenvalue weighted by Crippen LogP contribution is -2.49. The summed E-state index contributed by atoms with van der Waals surface area (Å²) in [4.78, 5) is 4.76. The van der Waals surface area contributed by atoms with Gasteiger partial charge in [0.05, 0.1) is 22.6 Å². The van der Waals surface area contributed by atoms with Crippen LogP contribution in [-0.2, 0) is 25.5 Å². The molecular weight excluding hydrogens is 536 g/mol. The van der Waals surface area contributed by atoms with Crippen molar-refractivity contribution in [1.29, 1.82) is 0 Å². The molecule has 4 rings (SSSR count). The number of ether oxygens (including phenoxy) is 1. The molecule has 2 heterocycles. The number of nitrogens with zero attached hydrogens (tertiary/aromatic N) is 4. The number of benzene rings is 2. The summed E-state index contributed by atoms with van der Waals surface area (Å²) in [5, 5.41) is 0. The Morgan fingerprint density at radius 2 is 1.26 bits per heavy atom. The molecule has 0 bridgehead atoms. The van der Waals surface area contributed by atoms with Crippen LogP contribution in [0.15, 0.2) is 52.3 Å². The van der Waals surface area contributed by atoms with Crippen LogP contribution in [0.25, 0.3) is 0 Å². The van der Waals surface area contributed by atoms with E-state index in [1.165, 1.54) is 4.31 Å². The van der Waals surface area contributed by atoms with Crippen molar-refractivity contribution >= 4 is 25.7 Å². The SMILES string of the molecule is CCN1CCN(S(=O)(=O)c2ccc(OC)c(N3CCN(S(=O)(=O)c4ccc(C(C)(C)CC)cc4)CC3)c2)CC1. The molecule has 0 atom stereocenters. The van der Waals surface area contributed by atoms with Crippen molar-refractivity contribution in [3.05, 3.63) is 48.0 Å². The zero-order valence-electron chi connectivity index (χ0n) is 23.8. The highest BCUT2D eigenvalue weighted by molar-refractivity contribution is 7.89. The maximum Gasteiger partial charge on any atom is 0.243 e. The highest BCUT2D eigenvalue weighted by Gasteiger charge is 2.32. The van der Waals surface area contributed by atoms with Gasteiger partial charge in [-0.3, -0.25) is 0 Å². The quantitative estimate of drug-likeness (QED) is 0.451. The molecule has 0 N–H and O–H groups in total. The van der Waals surface area contributed by atoms with E-state index in [9.17, 15) is 16.8 Å². The van der Waals surface area contributed by atoms with Crippen LogP contribution >= 0.6 is 0 Å². The van der Waals surface area contributed by atoms with Crippen molar-refractivity contribution in [3.63, 3.8) is 0 Å². The number of hydrogen-bond acceptors (Lipinski definition) is 7. The monoisotopic (exact) mass is 578 g/mol. The number of hydrogen-bond donors (Lipinski definition) is 0. The Morgan fingerprint density at radius 3 is 1.77 bits per heavy atom. The topological polar surface area (TPSA) is 90.5 Å². The molecule has 0 amide bonds. The van der Waals surface area contributed by atoms with E-state index in [2.05, 4.69) is 32.6 Å². The Bertz CT molecular complexity index is 1340. The van der Waals surface area contributed by atoms with Gasteiger partial charge in [-0.05, 0) is 54.3 Å². The van der Waals surface area contributed by atoms with E-state index in [1.54, 1.807) is 41.7 Å². The van der Waals surface area contributed by atoms with E-state index in [4.69, 9.17) is 4.74 Å². The lowest BCUT2D eigenvalue weighted by molar-refractivity contribution is 0.196. The average Bonchev–Trinajstić information content (AvgIpc) is 2.97. The molecular formula is C28H42N4O5S2. The van der Waals surface area contributed by atoms with Crippen molar-refractivity contribution in [2.45, 2.75) is 49.3 Å². The van der Waals surface area contributed by atoms with Gasteiger partial charge < -0.3 is 14.5 Å². The Morgan fingerprint density at radius 1 is 0.744 bits per heavy atom. The number of piperazine rings is 2. The molecule has 2 aliphatic heterocycles. The van der Waals surface area contributed by atoms with Gasteiger partial charge in [0.1, 0.15) is 5.75 Å². The summed E-state index contributed by atoms with van der Waals surface area (Å²) in [6.45, 7) is 13.2. The molecule has 9 nitrogen and oxygen atoms in total. The summed E-state index contributed by atoms with van der Waals surface area (Å²) in [5.41, 5.74) is 1.76. The van der Waals surface area contributed by atoms with Gasteiger partial charge in [-0.1, -0.05) is 39.8 Å². The molecule has 0 aliphatic carbocycles. The van der Waals surface area contributed by atoms with E-state index in [-0.39, 0.29) is 10.3 Å². The van der Waals surface area contributed by atoms with E-state index < -0.39 is 20.0 Å². The van der Waals surface area contributed by atoms with E-state index >= 15 is 0 Å². The van der Waals surface area contributed by atoms with Crippen molar-refractivity contribution in [3.8, 4) is 5.75 Å². The maximum absolute atomic E-state index is 13.4. The lowest BCUT2D eigenvalue weighted by Gasteiger charge is -2.36. The second-order valence-electron chi connectivity index (χ2n) is 10.8. The summed E-state index contributed by atoms with van der Waals surface area (Å²) in [6.07, 6.45) is 0.961. The summed E-state index contributed by atoms with van der Waals surface area (Å²) in [7, 11) is -5.73. The predicted octanol–water partition coefficient (Wildman–Crippen LogP) is 3.22. The van der Waals surface area contributed by atoms with Gasteiger partial charge in [-0.2, -0.15) is 8.61 Å². The molecule has 0 unspecified atom stereocenters. The van der Waals surface area contributed by atoms with E-state index in [0.717, 1.165) is 18.5 Å². The van der Waals surface area contributed by atoms with Crippen LogP contribution in [0, 0.1) is 0 Å². The second-order valence-corrected chi connectivity index (χ2v) is 14.7. The summed E-state index contributed by atoms with van der Waals surface area (Å²) >= 11 is 0. The molecule has 2 aromatic carbocycles. The summed E-state index contributed by atoms with van der Waals surface area (Å²) in [6, 6.07) is 12.2. The number of methoxy groups -OCH3 is 1. The number of anilines is 1. The fraction of sp³-hybridized carbons (Fsp3) is 0.571. The van der Waals surface area contributed by atoms with Crippen LogP contribution in [0.5, 0.6) is 5.75 Å². The Kier molecular flexibility index (Phi) is 8.97. The zero-order chi connectivity index (χ0) is 28.4. The van der Waals surface area contributed by atoms with Gasteiger partial charge in [0.15, 0.2) is 0 Å². The Labute approximate surface area is 234 Å². The third-order valence-corrected chi connectivity index (χ3v) is 12.1. The smallest absolute Gasteiger partial charge is 0.243 e. The van der Waals surface area contributed by atoms with Gasteiger partial charge in [0.2, 0.25) is 20.0 Å². The van der Waals surface area contributed by atoms with Gasteiger partial charge >= 0.3 is 0 Å². The zero-order valence-corrected chi connectivity index (χ0v) is 25.4. The molecule has 0 spiro atoms. The molecule has 39 heavy (non-hydrogen) atoms. The first-order valence-corrected chi connectivity index (χ1v) is 16.6. The molecule has 2 fully saturated rings. The second kappa shape index (κ2) is 11.7. The minimum Gasteiger partial charge on any atom is -0.495 e. The van der Waals surface area contributed by atoms with Gasteiger partial charge in [0.25, 0.3) is 0 Å². The van der Waals surface area contributed by atoms with Gasteiger partial charge in [0, 0.05) is 52.4 Å². The standard InChI is InChI=1S/C28H42N4O5S2/c1-6-28(3,4)23-8-10-24(11-9-23)38(33,34)32-20-16-30(17-21-32)26-22-25(12-13-27(26)37-5)39(35,36)31-18-14-29(7-2)15-19-31/h8-13,22H,6-7,14-21H2,1-5H3. The van der Waals surface area contributed by atoms with E-state index in [0.29, 0.717) is 68.7 Å². The molecule has 0 saturated carbocycles. The van der Waals surface area contributed by atoms with Crippen LogP contribution < -0.4 is 9.64 Å². The van der Waals surface area contributed by atoms with Gasteiger partial charge in [-0.25, -0.2) is 16.8 Å². The van der Waals surface area contributed by atoms with Crippen LogP contribution in [0.1, 0.15) is 39.7 Å². The molecule has 0 radical (unpaired) electrons. The molecule has 11 heteroatoms. The fourth-order valence-corrected chi connectivity index (χ4v) is 7.98. The number of rotatable bonds is 9. The van der Waals surface area contributed by atoms with Crippen molar-refractivity contribution in [2.75, 3.05) is 70.9 Å². The fourth-order valence-electron chi connectivity index (χ4n) is 5.11. The van der Waals surface area contributed by atoms with Gasteiger partial charge in [-0.15, -0.1) is 0 Å². The molecule has 216 valence electrons. The lowest BCUT2D eigenvalue weighted by atomic mass is 9.82. The van der Waals surface area contributed by atoms with Crippen LogP contribution in [0.2, 0.25) is 0 Å².